The van der Waals surface area contributed by atoms with Gasteiger partial charge in [0.05, 0.1) is 34.4 Å². The molecule has 4 heterocycles. The number of allylic oxidation sites excluding steroid dienone is 1. The van der Waals surface area contributed by atoms with E-state index in [1.54, 1.807) is 23.2 Å². The van der Waals surface area contributed by atoms with E-state index in [0.717, 1.165) is 18.4 Å². The number of anilines is 4. The summed E-state index contributed by atoms with van der Waals surface area (Å²) in [5, 5.41) is 17.1. The number of urea groups is 1. The number of aromatic nitrogens is 1. The average Bonchev–Trinajstić information content (AvgIpc) is 3.82. The summed E-state index contributed by atoms with van der Waals surface area (Å²) in [6, 6.07) is 17.8. The zero-order valence-electron chi connectivity index (χ0n) is 24.5. The van der Waals surface area contributed by atoms with E-state index in [-0.39, 0.29) is 17.8 Å². The van der Waals surface area contributed by atoms with Crippen molar-refractivity contribution in [3.05, 3.63) is 78.5 Å². The molecular formula is C34H30N6O4S. The fourth-order valence-electron chi connectivity index (χ4n) is 5.96. The maximum Gasteiger partial charge on any atom is 0.331 e. The summed E-state index contributed by atoms with van der Waals surface area (Å²) in [4.78, 5) is 48.4. The Bertz CT molecular complexity index is 1890. The zero-order chi connectivity index (χ0) is 31.1. The molecule has 4 amide bonds. The minimum atomic E-state index is -0.878. The fraction of sp³-hybridized carbons (Fsp3) is 0.265. The minimum Gasteiger partial charge on any atom is -0.457 e. The van der Waals surface area contributed by atoms with Crippen molar-refractivity contribution in [2.24, 2.45) is 11.8 Å². The van der Waals surface area contributed by atoms with Crippen molar-refractivity contribution in [2.75, 3.05) is 22.1 Å². The van der Waals surface area contributed by atoms with Gasteiger partial charge in [-0.1, -0.05) is 35.6 Å². The molecule has 0 bridgehead atoms. The van der Waals surface area contributed by atoms with Crippen LogP contribution in [0.15, 0.2) is 72.9 Å². The van der Waals surface area contributed by atoms with Gasteiger partial charge in [0.15, 0.2) is 0 Å². The molecule has 2 aliphatic heterocycles. The largest absolute Gasteiger partial charge is 0.457 e. The molecule has 2 unspecified atom stereocenters. The third kappa shape index (κ3) is 5.49. The van der Waals surface area contributed by atoms with Crippen molar-refractivity contribution in [1.82, 2.24) is 9.88 Å². The Kier molecular flexibility index (Phi) is 7.43. The number of nitrogens with zero attached hydrogens (tertiary/aromatic N) is 4. The summed E-state index contributed by atoms with van der Waals surface area (Å²) in [5.74, 6) is 0.494. The molecule has 2 N–H and O–H groups in total. The number of amides is 4. The highest BCUT2D eigenvalue weighted by Crippen LogP contribution is 2.49. The first kappa shape index (κ1) is 28.6. The molecule has 0 radical (unpaired) electrons. The molecule has 1 saturated carbocycles. The van der Waals surface area contributed by atoms with Crippen LogP contribution in [0.5, 0.6) is 11.5 Å². The van der Waals surface area contributed by atoms with Crippen LogP contribution < -0.4 is 20.3 Å². The molecule has 7 rings (SSSR count). The quantitative estimate of drug-likeness (QED) is 0.212. The van der Waals surface area contributed by atoms with E-state index in [2.05, 4.69) is 21.7 Å². The Balaban J connectivity index is 1.15. The topological polar surface area (TPSA) is 128 Å². The van der Waals surface area contributed by atoms with E-state index < -0.39 is 12.0 Å². The van der Waals surface area contributed by atoms with Gasteiger partial charge in [-0.05, 0) is 86.6 Å². The van der Waals surface area contributed by atoms with E-state index >= 15 is 0 Å². The number of para-hydroxylation sites is 1. The van der Waals surface area contributed by atoms with Crippen LogP contribution in [0.1, 0.15) is 31.2 Å². The molecule has 2 aromatic carbocycles. The van der Waals surface area contributed by atoms with Crippen LogP contribution in [0.3, 0.4) is 0 Å². The van der Waals surface area contributed by atoms with Gasteiger partial charge in [0.25, 0.3) is 0 Å². The lowest BCUT2D eigenvalue weighted by atomic mass is 9.89. The summed E-state index contributed by atoms with van der Waals surface area (Å²) in [6.45, 7) is 2.35. The summed E-state index contributed by atoms with van der Waals surface area (Å²) in [5.41, 5.74) is 2.63. The molecular weight excluding hydrogens is 588 g/mol. The van der Waals surface area contributed by atoms with Gasteiger partial charge < -0.3 is 20.3 Å². The number of ether oxygens (including phenoxy) is 1. The standard InChI is InChI=1S/C34H30N6O4S/c1-20-18-23(44-22-6-3-2-4-7-22)12-13-25(20)40-26-15-16-36-32-29(26)30(37-34(40)43)33(45-32)38-31(42)24-8-5-17-39(27(24)19-35)28(41)14-11-21-9-10-21/h2-4,6-7,11-16,18,21,24,27H,5,8-10,17H2,1H3,(H,37,43)(H,38,42). The SMILES string of the molecule is Cc1cc(Oc2ccccc2)ccc1N1C(=O)Nc2c(NC(=O)C3CCCN(C(=O)C=CC4CC4)C3C#N)sc3nccc1c23. The van der Waals surface area contributed by atoms with Crippen molar-refractivity contribution in [1.29, 1.82) is 5.26 Å². The van der Waals surface area contributed by atoms with Gasteiger partial charge in [0.1, 0.15) is 27.4 Å². The summed E-state index contributed by atoms with van der Waals surface area (Å²) in [6.07, 6.45) is 8.33. The molecule has 11 heteroatoms. The normalized spacial score (nSPS) is 19.3. The molecule has 45 heavy (non-hydrogen) atoms. The second-order valence-corrected chi connectivity index (χ2v) is 12.5. The second-order valence-electron chi connectivity index (χ2n) is 11.5. The predicted octanol–water partition coefficient (Wildman–Crippen LogP) is 7.12. The van der Waals surface area contributed by atoms with Crippen LogP contribution in [0, 0.1) is 30.1 Å². The number of likely N-dealkylation sites (tertiary alicyclic amines) is 1. The third-order valence-corrected chi connectivity index (χ3v) is 9.40. The van der Waals surface area contributed by atoms with Crippen molar-refractivity contribution >= 4 is 61.5 Å². The Hall–Kier alpha value is -5.21. The Morgan fingerprint density at radius 2 is 1.93 bits per heavy atom. The van der Waals surface area contributed by atoms with Gasteiger partial charge in [-0.2, -0.15) is 5.26 Å². The first-order valence-corrected chi connectivity index (χ1v) is 15.8. The van der Waals surface area contributed by atoms with E-state index in [4.69, 9.17) is 4.74 Å². The third-order valence-electron chi connectivity index (χ3n) is 8.39. The lowest BCUT2D eigenvalue weighted by Crippen LogP contribution is -2.50. The average molecular weight is 619 g/mol. The monoisotopic (exact) mass is 618 g/mol. The molecule has 1 aliphatic carbocycles. The minimum absolute atomic E-state index is 0.237. The maximum atomic E-state index is 13.7. The van der Waals surface area contributed by atoms with Crippen LogP contribution >= 0.6 is 11.3 Å². The zero-order valence-corrected chi connectivity index (χ0v) is 25.3. The van der Waals surface area contributed by atoms with Crippen LogP contribution in [0.4, 0.5) is 26.9 Å². The van der Waals surface area contributed by atoms with Gasteiger partial charge in [-0.15, -0.1) is 0 Å². The van der Waals surface area contributed by atoms with E-state index in [9.17, 15) is 19.6 Å². The number of piperidine rings is 1. The highest BCUT2D eigenvalue weighted by molar-refractivity contribution is 7.23. The molecule has 1 saturated heterocycles. The number of carbonyl (C=O) groups excluding carboxylic acids is 3. The number of aryl methyl sites for hydroxylation is 1. The van der Waals surface area contributed by atoms with Crippen LogP contribution in [-0.4, -0.2) is 40.3 Å². The van der Waals surface area contributed by atoms with E-state index in [1.165, 1.54) is 16.2 Å². The maximum absolute atomic E-state index is 13.7. The fourth-order valence-corrected chi connectivity index (χ4v) is 6.99. The van der Waals surface area contributed by atoms with Crippen LogP contribution in [0.25, 0.3) is 10.2 Å². The van der Waals surface area contributed by atoms with Gasteiger partial charge >= 0.3 is 6.03 Å². The Morgan fingerprint density at radius 1 is 1.11 bits per heavy atom. The molecule has 226 valence electrons. The number of pyridine rings is 1. The van der Waals surface area contributed by atoms with Crippen LogP contribution in [-0.2, 0) is 9.59 Å². The molecule has 0 spiro atoms. The smallest absolute Gasteiger partial charge is 0.331 e. The van der Waals surface area contributed by atoms with Crippen LogP contribution in [0.2, 0.25) is 0 Å². The Labute approximate surface area is 263 Å². The highest BCUT2D eigenvalue weighted by Gasteiger charge is 2.39. The van der Waals surface area contributed by atoms with Gasteiger partial charge in [0.2, 0.25) is 11.8 Å². The van der Waals surface area contributed by atoms with Crippen molar-refractivity contribution in [2.45, 2.75) is 38.6 Å². The molecule has 2 aromatic heterocycles. The lowest BCUT2D eigenvalue weighted by Gasteiger charge is -2.36. The number of benzene rings is 2. The number of nitrogens with one attached hydrogen (secondary N) is 2. The van der Waals surface area contributed by atoms with Gasteiger partial charge in [-0.25, -0.2) is 9.78 Å². The first-order chi connectivity index (χ1) is 21.9. The molecule has 2 atom stereocenters. The summed E-state index contributed by atoms with van der Waals surface area (Å²) >= 11 is 1.26. The number of hydrogen-bond donors (Lipinski definition) is 2. The first-order valence-electron chi connectivity index (χ1n) is 15.0. The number of carbonyl (C=O) groups is 3. The highest BCUT2D eigenvalue weighted by atomic mass is 32.1. The molecule has 3 aliphatic rings. The van der Waals surface area contributed by atoms with E-state index in [1.807, 2.05) is 61.5 Å². The summed E-state index contributed by atoms with van der Waals surface area (Å²) in [7, 11) is 0. The Morgan fingerprint density at radius 3 is 2.69 bits per heavy atom. The van der Waals surface area contributed by atoms with Crippen molar-refractivity contribution in [3.8, 4) is 17.6 Å². The summed E-state index contributed by atoms with van der Waals surface area (Å²) < 4.78 is 5.98. The number of nitriles is 1. The molecule has 10 nitrogen and oxygen atoms in total. The lowest BCUT2D eigenvalue weighted by molar-refractivity contribution is -0.132. The van der Waals surface area contributed by atoms with Gasteiger partial charge in [-0.3, -0.25) is 14.5 Å². The van der Waals surface area contributed by atoms with E-state index in [0.29, 0.717) is 69.1 Å². The predicted molar refractivity (Wildman–Crippen MR) is 173 cm³/mol. The molecule has 4 aromatic rings. The van der Waals surface area contributed by atoms with Crippen molar-refractivity contribution in [3.63, 3.8) is 0 Å². The second kappa shape index (κ2) is 11.7. The van der Waals surface area contributed by atoms with Gasteiger partial charge in [0, 0.05) is 12.7 Å². The van der Waals surface area contributed by atoms with Crippen molar-refractivity contribution < 1.29 is 19.1 Å². The molecule has 2 fully saturated rings. The number of thiophene rings is 1. The number of rotatable bonds is 7. The number of hydrogen-bond acceptors (Lipinski definition) is 7.